The molecule has 0 aliphatic carbocycles. The molecule has 4 rings (SSSR count). The Balaban J connectivity index is 1.60. The van der Waals surface area contributed by atoms with Gasteiger partial charge in [0.2, 0.25) is 4.96 Å². The number of hydrogen-bond acceptors (Lipinski definition) is 7. The Kier molecular flexibility index (Phi) is 4.51. The number of aromatic nitrogens is 6. The zero-order valence-corrected chi connectivity index (χ0v) is 16.3. The van der Waals surface area contributed by atoms with Gasteiger partial charge in [-0.25, -0.2) is 4.98 Å². The summed E-state index contributed by atoms with van der Waals surface area (Å²) in [6.07, 6.45) is 1.64. The van der Waals surface area contributed by atoms with Crippen LogP contribution in [0.1, 0.15) is 16.3 Å². The number of halogens is 1. The van der Waals surface area contributed by atoms with E-state index in [4.69, 9.17) is 11.6 Å². The van der Waals surface area contributed by atoms with Gasteiger partial charge in [-0.3, -0.25) is 9.36 Å². The van der Waals surface area contributed by atoms with E-state index in [1.165, 1.54) is 33.7 Å². The van der Waals surface area contributed by atoms with Crippen molar-refractivity contribution in [3.05, 3.63) is 62.2 Å². The Hall–Kier alpha value is -2.23. The normalized spacial score (nSPS) is 11.3. The molecule has 7 nitrogen and oxygen atoms in total. The van der Waals surface area contributed by atoms with E-state index in [0.29, 0.717) is 26.6 Å². The van der Waals surface area contributed by atoms with Crippen LogP contribution in [0.25, 0.3) is 10.6 Å². The molecule has 1 aromatic carbocycles. The first kappa shape index (κ1) is 17.2. The van der Waals surface area contributed by atoms with Gasteiger partial charge in [-0.2, -0.15) is 9.61 Å². The van der Waals surface area contributed by atoms with E-state index in [9.17, 15) is 4.79 Å². The summed E-state index contributed by atoms with van der Waals surface area (Å²) in [5, 5.41) is 14.5. The molecule has 3 aromatic heterocycles. The molecule has 0 amide bonds. The Morgan fingerprint density at radius 3 is 2.92 bits per heavy atom. The summed E-state index contributed by atoms with van der Waals surface area (Å²) in [6.45, 7) is 3.80. The lowest BCUT2D eigenvalue weighted by atomic mass is 10.2. The van der Waals surface area contributed by atoms with Crippen molar-refractivity contribution in [3.63, 3.8) is 0 Å². The van der Waals surface area contributed by atoms with Gasteiger partial charge in [0, 0.05) is 16.8 Å². The van der Waals surface area contributed by atoms with Crippen molar-refractivity contribution >= 4 is 39.7 Å². The maximum Gasteiger partial charge on any atom is 0.275 e. The van der Waals surface area contributed by atoms with Crippen LogP contribution in [0.4, 0.5) is 0 Å². The highest BCUT2D eigenvalue weighted by molar-refractivity contribution is 7.98. The van der Waals surface area contributed by atoms with Crippen LogP contribution in [0.2, 0.25) is 5.02 Å². The molecule has 0 unspecified atom stereocenters. The van der Waals surface area contributed by atoms with Crippen molar-refractivity contribution in [2.24, 2.45) is 0 Å². The quantitative estimate of drug-likeness (QED) is 0.485. The Morgan fingerprint density at radius 2 is 2.12 bits per heavy atom. The molecule has 0 aliphatic heterocycles. The summed E-state index contributed by atoms with van der Waals surface area (Å²) in [6, 6.07) is 7.30. The van der Waals surface area contributed by atoms with Gasteiger partial charge < -0.3 is 0 Å². The minimum atomic E-state index is -0.179. The van der Waals surface area contributed by atoms with Crippen molar-refractivity contribution < 1.29 is 0 Å². The summed E-state index contributed by atoms with van der Waals surface area (Å²) in [7, 11) is 0. The highest BCUT2D eigenvalue weighted by Gasteiger charge is 2.11. The van der Waals surface area contributed by atoms with Crippen LogP contribution in [0, 0.1) is 13.8 Å². The number of rotatable bonds is 4. The van der Waals surface area contributed by atoms with Gasteiger partial charge in [0.05, 0.1) is 11.4 Å². The third-order valence-corrected chi connectivity index (χ3v) is 5.91. The molecule has 0 atom stereocenters. The molecule has 0 aliphatic rings. The largest absolute Gasteiger partial charge is 0.277 e. The van der Waals surface area contributed by atoms with Gasteiger partial charge in [0.25, 0.3) is 5.56 Å². The number of benzene rings is 1. The Bertz CT molecular complexity index is 1170. The van der Waals surface area contributed by atoms with Crippen LogP contribution in [0.5, 0.6) is 0 Å². The molecule has 0 radical (unpaired) electrons. The lowest BCUT2D eigenvalue weighted by Crippen LogP contribution is -2.15. The zero-order chi connectivity index (χ0) is 18.3. The fourth-order valence-corrected chi connectivity index (χ4v) is 4.16. The molecule has 3 heterocycles. The number of fused-ring (bicyclic) bond motifs is 1. The van der Waals surface area contributed by atoms with E-state index < -0.39 is 0 Å². The second kappa shape index (κ2) is 6.82. The molecule has 0 saturated heterocycles. The van der Waals surface area contributed by atoms with Gasteiger partial charge >= 0.3 is 0 Å². The molecule has 0 spiro atoms. The average molecular weight is 405 g/mol. The SMILES string of the molecule is Cc1nn2c(=O)cc(CSc3nncn3-c3ccc(C)c(Cl)c3)nc2s1. The number of nitrogens with zero attached hydrogens (tertiary/aromatic N) is 6. The van der Waals surface area contributed by atoms with Crippen LogP contribution in [-0.2, 0) is 5.75 Å². The van der Waals surface area contributed by atoms with Crippen molar-refractivity contribution in [3.8, 4) is 5.69 Å². The smallest absolute Gasteiger partial charge is 0.275 e. The maximum atomic E-state index is 12.1. The van der Waals surface area contributed by atoms with Gasteiger partial charge in [0.1, 0.15) is 11.3 Å². The molecule has 0 bridgehead atoms. The van der Waals surface area contributed by atoms with Gasteiger partial charge in [0.15, 0.2) is 5.16 Å². The standard InChI is InChI=1S/C16H13ClN6OS2/c1-9-3-4-12(6-13(9)17)22-8-18-20-16(22)25-7-11-5-14(24)23-15(19-11)26-10(2)21-23/h3-6,8H,7H2,1-2H3. The first-order valence-electron chi connectivity index (χ1n) is 7.67. The highest BCUT2D eigenvalue weighted by Crippen LogP contribution is 2.25. The van der Waals surface area contributed by atoms with E-state index in [1.54, 1.807) is 6.33 Å². The number of aryl methyl sites for hydroxylation is 2. The third-order valence-electron chi connectivity index (χ3n) is 3.70. The number of hydrogen-bond donors (Lipinski definition) is 0. The maximum absolute atomic E-state index is 12.1. The molecule has 26 heavy (non-hydrogen) atoms. The lowest BCUT2D eigenvalue weighted by Gasteiger charge is -2.07. The molecular weight excluding hydrogens is 392 g/mol. The van der Waals surface area contributed by atoms with E-state index in [-0.39, 0.29) is 5.56 Å². The monoisotopic (exact) mass is 404 g/mol. The van der Waals surface area contributed by atoms with Gasteiger partial charge in [-0.05, 0) is 31.5 Å². The molecule has 132 valence electrons. The summed E-state index contributed by atoms with van der Waals surface area (Å²) in [5.41, 5.74) is 2.40. The zero-order valence-electron chi connectivity index (χ0n) is 13.9. The van der Waals surface area contributed by atoms with Crippen LogP contribution >= 0.6 is 34.7 Å². The minimum Gasteiger partial charge on any atom is -0.277 e. The molecular formula is C16H13ClN6OS2. The van der Waals surface area contributed by atoms with Crippen LogP contribution in [0.3, 0.4) is 0 Å². The van der Waals surface area contributed by atoms with Crippen molar-refractivity contribution in [1.29, 1.82) is 0 Å². The first-order valence-corrected chi connectivity index (χ1v) is 9.85. The molecule has 10 heteroatoms. The van der Waals surface area contributed by atoms with Crippen molar-refractivity contribution in [1.82, 2.24) is 29.4 Å². The highest BCUT2D eigenvalue weighted by atomic mass is 35.5. The second-order valence-electron chi connectivity index (χ2n) is 5.61. The van der Waals surface area contributed by atoms with Gasteiger partial charge in [-0.15, -0.1) is 10.2 Å². The lowest BCUT2D eigenvalue weighted by molar-refractivity contribution is 0.867. The predicted molar refractivity (Wildman–Crippen MR) is 103 cm³/mol. The van der Waals surface area contributed by atoms with Crippen LogP contribution < -0.4 is 5.56 Å². The topological polar surface area (TPSA) is 78.0 Å². The van der Waals surface area contributed by atoms with E-state index >= 15 is 0 Å². The molecule has 0 fully saturated rings. The molecule has 0 saturated carbocycles. The van der Waals surface area contributed by atoms with Gasteiger partial charge in [-0.1, -0.05) is 40.8 Å². The van der Waals surface area contributed by atoms with E-state index in [1.807, 2.05) is 36.6 Å². The number of thioether (sulfide) groups is 1. The Morgan fingerprint density at radius 1 is 1.27 bits per heavy atom. The van der Waals surface area contributed by atoms with Crippen LogP contribution in [0.15, 0.2) is 40.5 Å². The van der Waals surface area contributed by atoms with E-state index in [0.717, 1.165) is 16.3 Å². The summed E-state index contributed by atoms with van der Waals surface area (Å²) >= 11 is 9.06. The summed E-state index contributed by atoms with van der Waals surface area (Å²) in [5.74, 6) is 0.501. The second-order valence-corrected chi connectivity index (χ2v) is 8.12. The molecule has 4 aromatic rings. The fourth-order valence-electron chi connectivity index (χ4n) is 2.40. The average Bonchev–Trinajstić information content (AvgIpc) is 3.21. The Labute approximate surface area is 161 Å². The van der Waals surface area contributed by atoms with Crippen molar-refractivity contribution in [2.75, 3.05) is 0 Å². The fraction of sp³-hybridized carbons (Fsp3) is 0.188. The molecule has 0 N–H and O–H groups in total. The predicted octanol–water partition coefficient (Wildman–Crippen LogP) is 3.29. The van der Waals surface area contributed by atoms with E-state index in [2.05, 4.69) is 20.3 Å². The summed E-state index contributed by atoms with van der Waals surface area (Å²) in [4.78, 5) is 17.2. The van der Waals surface area contributed by atoms with Crippen LogP contribution in [-0.4, -0.2) is 29.4 Å². The third kappa shape index (κ3) is 3.25. The summed E-state index contributed by atoms with van der Waals surface area (Å²) < 4.78 is 3.18. The first-order chi connectivity index (χ1) is 12.5. The van der Waals surface area contributed by atoms with Crippen molar-refractivity contribution in [2.45, 2.75) is 24.8 Å². The minimum absolute atomic E-state index is 0.179.